The lowest BCUT2D eigenvalue weighted by Crippen LogP contribution is -2.57. The molecule has 2 rings (SSSR count). The molecule has 0 bridgehead atoms. The molecule has 1 aliphatic rings. The first-order valence-electron chi connectivity index (χ1n) is 14.2. The highest BCUT2D eigenvalue weighted by Crippen LogP contribution is 2.51. The number of aryl methyl sites for hydroxylation is 1. The molecule has 0 aromatic heterocycles. The molecule has 8 nitrogen and oxygen atoms in total. The smallest absolute Gasteiger partial charge is 0.438 e. The molecule has 1 saturated heterocycles. The van der Waals surface area contributed by atoms with Gasteiger partial charge in [-0.2, -0.15) is 4.79 Å². The minimum Gasteiger partial charge on any atom is -0.438 e. The maximum atomic E-state index is 14.2. The number of carbonyl (C=O) groups excluding carboxylic acids is 1. The summed E-state index contributed by atoms with van der Waals surface area (Å²) in [7, 11) is -3.20. The monoisotopic (exact) mass is 553 g/mol. The maximum Gasteiger partial charge on any atom is 0.513 e. The van der Waals surface area contributed by atoms with Crippen molar-refractivity contribution in [2.45, 2.75) is 85.1 Å². The number of amides is 1. The SMILES string of the molecule is C[C@@H]1CCC[N+]1(CC(CCCCN)CP(=O)(CCCCc1ccccc1)OCOC(=O)C(C)(C)C)C(=O)O. The van der Waals surface area contributed by atoms with E-state index in [-0.39, 0.29) is 29.4 Å². The Balaban J connectivity index is 2.15. The number of carboxylic acid groups (broad SMARTS) is 1. The largest absolute Gasteiger partial charge is 0.513 e. The van der Waals surface area contributed by atoms with Crippen LogP contribution in [0.3, 0.4) is 0 Å². The van der Waals surface area contributed by atoms with Crippen LogP contribution in [-0.4, -0.2) is 66.4 Å². The van der Waals surface area contributed by atoms with Gasteiger partial charge in [-0.05, 0) is 71.9 Å². The van der Waals surface area contributed by atoms with Crippen molar-refractivity contribution in [1.82, 2.24) is 0 Å². The second-order valence-electron chi connectivity index (χ2n) is 12.0. The molecule has 1 aliphatic heterocycles. The van der Waals surface area contributed by atoms with Gasteiger partial charge < -0.3 is 15.6 Å². The Hall–Kier alpha value is -1.73. The lowest BCUT2D eigenvalue weighted by atomic mass is 9.98. The predicted octanol–water partition coefficient (Wildman–Crippen LogP) is 6.27. The van der Waals surface area contributed by atoms with Crippen LogP contribution in [0.15, 0.2) is 30.3 Å². The first kappa shape index (κ1) is 32.5. The highest BCUT2D eigenvalue weighted by molar-refractivity contribution is 7.59. The van der Waals surface area contributed by atoms with Crippen LogP contribution < -0.4 is 5.73 Å². The van der Waals surface area contributed by atoms with Crippen LogP contribution in [0.1, 0.15) is 78.2 Å². The van der Waals surface area contributed by atoms with Crippen molar-refractivity contribution in [2.75, 3.05) is 38.8 Å². The maximum absolute atomic E-state index is 14.2. The lowest BCUT2D eigenvalue weighted by molar-refractivity contribution is -0.870. The first-order valence-corrected chi connectivity index (χ1v) is 16.2. The Labute approximate surface area is 229 Å². The fourth-order valence-corrected chi connectivity index (χ4v) is 7.82. The van der Waals surface area contributed by atoms with E-state index in [0.29, 0.717) is 32.2 Å². The van der Waals surface area contributed by atoms with E-state index >= 15 is 0 Å². The average molecular weight is 554 g/mol. The molecule has 1 heterocycles. The van der Waals surface area contributed by atoms with Crippen molar-refractivity contribution >= 4 is 19.4 Å². The Morgan fingerprint density at radius 1 is 1.16 bits per heavy atom. The number of unbranched alkanes of at least 4 members (excludes halogenated alkanes) is 2. The number of carbonyl (C=O) groups is 2. The molecule has 216 valence electrons. The molecule has 0 spiro atoms. The van der Waals surface area contributed by atoms with Crippen LogP contribution in [0, 0.1) is 11.3 Å². The number of rotatable bonds is 16. The molecule has 38 heavy (non-hydrogen) atoms. The molecule has 9 heteroatoms. The van der Waals surface area contributed by atoms with Crippen LogP contribution >= 0.6 is 7.37 Å². The van der Waals surface area contributed by atoms with E-state index in [1.807, 2.05) is 25.1 Å². The van der Waals surface area contributed by atoms with Gasteiger partial charge in [0.2, 0.25) is 7.37 Å². The van der Waals surface area contributed by atoms with Crippen molar-refractivity contribution in [3.8, 4) is 0 Å². The van der Waals surface area contributed by atoms with E-state index < -0.39 is 24.8 Å². The summed E-state index contributed by atoms with van der Waals surface area (Å²) in [6.45, 7) is 8.53. The summed E-state index contributed by atoms with van der Waals surface area (Å²) >= 11 is 0. The van der Waals surface area contributed by atoms with Crippen LogP contribution in [0.25, 0.3) is 0 Å². The Morgan fingerprint density at radius 2 is 1.87 bits per heavy atom. The van der Waals surface area contributed by atoms with Crippen LogP contribution in [0.2, 0.25) is 0 Å². The molecule has 4 atom stereocenters. The number of ether oxygens (including phenoxy) is 1. The van der Waals surface area contributed by atoms with Gasteiger partial charge in [-0.3, -0.25) is 13.9 Å². The number of quaternary nitrogens is 1. The number of benzene rings is 1. The zero-order valence-electron chi connectivity index (χ0n) is 23.9. The van der Waals surface area contributed by atoms with Crippen molar-refractivity contribution in [2.24, 2.45) is 17.1 Å². The molecule has 3 N–H and O–H groups in total. The first-order chi connectivity index (χ1) is 17.9. The molecular formula is C29H50N2O6P+. The minimum atomic E-state index is -3.20. The molecule has 0 radical (unpaired) electrons. The van der Waals surface area contributed by atoms with Gasteiger partial charge in [0.15, 0.2) is 6.79 Å². The van der Waals surface area contributed by atoms with E-state index in [0.717, 1.165) is 44.9 Å². The molecule has 1 fully saturated rings. The third-order valence-electron chi connectivity index (χ3n) is 7.74. The summed E-state index contributed by atoms with van der Waals surface area (Å²) in [5.74, 6) is -0.495. The third kappa shape index (κ3) is 10.1. The van der Waals surface area contributed by atoms with E-state index in [9.17, 15) is 19.3 Å². The number of hydrogen-bond donors (Lipinski definition) is 2. The minimum absolute atomic E-state index is 0.0142. The van der Waals surface area contributed by atoms with Crippen molar-refractivity contribution in [3.05, 3.63) is 35.9 Å². The highest BCUT2D eigenvalue weighted by Gasteiger charge is 2.48. The molecule has 3 unspecified atom stereocenters. The molecule has 0 saturated carbocycles. The van der Waals surface area contributed by atoms with Crippen LogP contribution in [-0.2, 0) is 25.0 Å². The molecule has 1 aromatic rings. The van der Waals surface area contributed by atoms with Crippen LogP contribution in [0.5, 0.6) is 0 Å². The van der Waals surface area contributed by atoms with Crippen molar-refractivity contribution in [1.29, 1.82) is 0 Å². The Kier molecular flexibility index (Phi) is 13.0. The summed E-state index contributed by atoms with van der Waals surface area (Å²) in [5.41, 5.74) is 6.29. The standard InChI is InChI=1S/C29H49N2O6P/c1-24-13-12-19-31(24,28(33)34)21-26(17-8-10-18-30)22-38(35,37-23-36-27(32)29(2,3)4)20-11-9-16-25-14-6-5-7-15-25/h5-7,14-15,24,26H,8-13,16-23,30H2,1-4H3/p+1/t24-,26?,31?,38?/m1/s1. The van der Waals surface area contributed by atoms with Gasteiger partial charge in [-0.15, -0.1) is 0 Å². The normalized spacial score (nSPS) is 22.1. The number of likely N-dealkylation sites (tertiary alicyclic amines) is 1. The number of esters is 1. The number of nitrogens with two attached hydrogens (primary N) is 1. The number of hydrogen-bond acceptors (Lipinski definition) is 6. The summed E-state index contributed by atoms with van der Waals surface area (Å²) in [4.78, 5) is 24.7. The molecular weight excluding hydrogens is 503 g/mol. The van der Waals surface area contributed by atoms with E-state index in [1.54, 1.807) is 20.8 Å². The van der Waals surface area contributed by atoms with Gasteiger partial charge in [-0.1, -0.05) is 36.8 Å². The second-order valence-corrected chi connectivity index (χ2v) is 14.7. The summed E-state index contributed by atoms with van der Waals surface area (Å²) in [6.07, 6.45) is 6.50. The van der Waals surface area contributed by atoms with Crippen LogP contribution in [0.4, 0.5) is 4.79 Å². The second kappa shape index (κ2) is 15.2. The predicted molar refractivity (Wildman–Crippen MR) is 151 cm³/mol. The number of nitrogens with zero attached hydrogens (tertiary/aromatic N) is 1. The highest BCUT2D eigenvalue weighted by atomic mass is 31.2. The Morgan fingerprint density at radius 3 is 2.45 bits per heavy atom. The van der Waals surface area contributed by atoms with Gasteiger partial charge in [0.25, 0.3) is 0 Å². The molecule has 1 amide bonds. The van der Waals surface area contributed by atoms with Gasteiger partial charge in [-0.25, -0.2) is 4.48 Å². The van der Waals surface area contributed by atoms with Gasteiger partial charge in [0, 0.05) is 31.1 Å². The topological polar surface area (TPSA) is 116 Å². The fraction of sp³-hybridized carbons (Fsp3) is 0.724. The zero-order valence-corrected chi connectivity index (χ0v) is 24.8. The van der Waals surface area contributed by atoms with Gasteiger partial charge in [0.1, 0.15) is 0 Å². The van der Waals surface area contributed by atoms with Gasteiger partial charge in [0.05, 0.1) is 24.5 Å². The summed E-state index contributed by atoms with van der Waals surface area (Å²) in [5, 5.41) is 10.2. The van der Waals surface area contributed by atoms with E-state index in [2.05, 4.69) is 12.1 Å². The van der Waals surface area contributed by atoms with Crippen molar-refractivity contribution in [3.63, 3.8) is 0 Å². The Bertz CT molecular complexity index is 919. The fourth-order valence-electron chi connectivity index (χ4n) is 5.37. The quantitative estimate of drug-likeness (QED) is 0.0814. The summed E-state index contributed by atoms with van der Waals surface area (Å²) in [6, 6.07) is 10.2. The zero-order chi connectivity index (χ0) is 28.2. The summed E-state index contributed by atoms with van der Waals surface area (Å²) < 4.78 is 25.5. The average Bonchev–Trinajstić information content (AvgIpc) is 3.23. The third-order valence-corrected chi connectivity index (χ3v) is 10.4. The van der Waals surface area contributed by atoms with E-state index in [1.165, 1.54) is 5.56 Å². The van der Waals surface area contributed by atoms with E-state index in [4.69, 9.17) is 15.0 Å². The molecule has 0 aliphatic carbocycles. The van der Waals surface area contributed by atoms with Crippen molar-refractivity contribution < 1.29 is 33.0 Å². The molecule has 1 aromatic carbocycles. The van der Waals surface area contributed by atoms with Gasteiger partial charge >= 0.3 is 12.1 Å². The lowest BCUT2D eigenvalue weighted by Gasteiger charge is -2.36.